The van der Waals surface area contributed by atoms with Gasteiger partial charge in [0.1, 0.15) is 5.82 Å². The zero-order valence-electron chi connectivity index (χ0n) is 9.23. The van der Waals surface area contributed by atoms with E-state index in [2.05, 4.69) is 20.9 Å². The molecule has 0 saturated heterocycles. The van der Waals surface area contributed by atoms with Crippen LogP contribution in [-0.2, 0) is 6.54 Å². The summed E-state index contributed by atoms with van der Waals surface area (Å²) in [5.41, 5.74) is 7.31. The Kier molecular flexibility index (Phi) is 2.83. The van der Waals surface area contributed by atoms with E-state index in [-0.39, 0.29) is 5.82 Å². The molecule has 3 nitrogen and oxygen atoms in total. The lowest BCUT2D eigenvalue weighted by molar-refractivity contribution is 0.629. The number of hydrogen-bond donors (Lipinski definition) is 1. The van der Waals surface area contributed by atoms with E-state index in [1.807, 2.05) is 16.7 Å². The molecular weight excluding hydrogens is 317 g/mol. The van der Waals surface area contributed by atoms with Gasteiger partial charge in [-0.1, -0.05) is 0 Å². The third kappa shape index (κ3) is 2.02. The summed E-state index contributed by atoms with van der Waals surface area (Å²) in [6.07, 6.45) is 0. The fourth-order valence-corrected chi connectivity index (χ4v) is 3.35. The molecule has 2 N–H and O–H groups in total. The van der Waals surface area contributed by atoms with Gasteiger partial charge in [0.2, 0.25) is 5.95 Å². The maximum atomic E-state index is 13.1. The molecule has 0 spiro atoms. The number of nitrogens with zero attached hydrogens (tertiary/aromatic N) is 2. The van der Waals surface area contributed by atoms with Crippen LogP contribution in [0.15, 0.2) is 34.1 Å². The molecule has 18 heavy (non-hydrogen) atoms. The average molecular weight is 326 g/mol. The van der Waals surface area contributed by atoms with E-state index < -0.39 is 0 Å². The molecule has 0 aliphatic heterocycles. The van der Waals surface area contributed by atoms with Gasteiger partial charge in [0.25, 0.3) is 0 Å². The lowest BCUT2D eigenvalue weighted by atomic mass is 10.3. The molecule has 0 aliphatic carbocycles. The van der Waals surface area contributed by atoms with Crippen molar-refractivity contribution in [3.8, 4) is 0 Å². The monoisotopic (exact) mass is 325 g/mol. The van der Waals surface area contributed by atoms with Crippen molar-refractivity contribution in [1.29, 1.82) is 0 Å². The van der Waals surface area contributed by atoms with Gasteiger partial charge in [-0.3, -0.25) is 0 Å². The van der Waals surface area contributed by atoms with E-state index in [0.717, 1.165) is 14.2 Å². The first-order valence-electron chi connectivity index (χ1n) is 5.29. The first kappa shape index (κ1) is 11.7. The number of anilines is 1. The highest BCUT2D eigenvalue weighted by Crippen LogP contribution is 2.26. The SMILES string of the molecule is Nc1nc2cc(F)ccc2n1Cc1ccc(Br)s1. The Balaban J connectivity index is 2.08. The van der Waals surface area contributed by atoms with Crippen molar-refractivity contribution in [2.45, 2.75) is 6.54 Å². The van der Waals surface area contributed by atoms with Crippen molar-refractivity contribution >= 4 is 44.2 Å². The molecule has 3 aromatic rings. The first-order valence-corrected chi connectivity index (χ1v) is 6.90. The largest absolute Gasteiger partial charge is 0.369 e. The van der Waals surface area contributed by atoms with E-state index in [4.69, 9.17) is 5.73 Å². The molecule has 0 fully saturated rings. The van der Waals surface area contributed by atoms with Crippen LogP contribution in [0.3, 0.4) is 0 Å². The molecule has 3 rings (SSSR count). The summed E-state index contributed by atoms with van der Waals surface area (Å²) in [5.74, 6) is 0.103. The molecule has 1 aromatic carbocycles. The Morgan fingerprint density at radius 1 is 1.33 bits per heavy atom. The lowest BCUT2D eigenvalue weighted by Gasteiger charge is -2.04. The molecule has 0 radical (unpaired) electrons. The molecule has 2 aromatic heterocycles. The Morgan fingerprint density at radius 3 is 2.89 bits per heavy atom. The van der Waals surface area contributed by atoms with Gasteiger partial charge in [0.05, 0.1) is 21.4 Å². The second-order valence-electron chi connectivity index (χ2n) is 3.90. The van der Waals surface area contributed by atoms with Crippen LogP contribution in [0.1, 0.15) is 4.88 Å². The molecule has 2 heterocycles. The summed E-state index contributed by atoms with van der Waals surface area (Å²) in [4.78, 5) is 5.33. The third-order valence-electron chi connectivity index (χ3n) is 2.68. The molecule has 92 valence electrons. The highest BCUT2D eigenvalue weighted by molar-refractivity contribution is 9.11. The van der Waals surface area contributed by atoms with Crippen molar-refractivity contribution in [1.82, 2.24) is 9.55 Å². The second-order valence-corrected chi connectivity index (χ2v) is 6.44. The van der Waals surface area contributed by atoms with Gasteiger partial charge in [0.15, 0.2) is 0 Å². The van der Waals surface area contributed by atoms with Crippen LogP contribution < -0.4 is 5.73 Å². The number of benzene rings is 1. The van der Waals surface area contributed by atoms with Crippen molar-refractivity contribution in [3.05, 3.63) is 44.8 Å². The van der Waals surface area contributed by atoms with Gasteiger partial charge in [0, 0.05) is 10.9 Å². The maximum absolute atomic E-state index is 13.1. The van der Waals surface area contributed by atoms with Crippen molar-refractivity contribution in [2.24, 2.45) is 0 Å². The Bertz CT molecular complexity index is 719. The van der Waals surface area contributed by atoms with Crippen LogP contribution in [0, 0.1) is 5.82 Å². The van der Waals surface area contributed by atoms with Gasteiger partial charge in [-0.2, -0.15) is 0 Å². The molecule has 0 bridgehead atoms. The van der Waals surface area contributed by atoms with Crippen LogP contribution in [-0.4, -0.2) is 9.55 Å². The summed E-state index contributed by atoms with van der Waals surface area (Å²) in [7, 11) is 0. The number of imidazole rings is 1. The van der Waals surface area contributed by atoms with Crippen LogP contribution in [0.5, 0.6) is 0 Å². The molecule has 0 saturated carbocycles. The topological polar surface area (TPSA) is 43.8 Å². The predicted molar refractivity (Wildman–Crippen MR) is 75.2 cm³/mol. The number of nitrogen functional groups attached to an aromatic ring is 1. The zero-order chi connectivity index (χ0) is 12.7. The Labute approximate surface area is 115 Å². The van der Waals surface area contributed by atoms with E-state index in [1.54, 1.807) is 17.4 Å². The summed E-state index contributed by atoms with van der Waals surface area (Å²) < 4.78 is 16.1. The molecule has 0 unspecified atom stereocenters. The predicted octanol–water partition coefficient (Wildman–Crippen LogP) is 3.63. The maximum Gasteiger partial charge on any atom is 0.201 e. The summed E-state index contributed by atoms with van der Waals surface area (Å²) in [6.45, 7) is 0.643. The highest BCUT2D eigenvalue weighted by atomic mass is 79.9. The average Bonchev–Trinajstić information content (AvgIpc) is 2.84. The van der Waals surface area contributed by atoms with Crippen LogP contribution >= 0.6 is 27.3 Å². The molecule has 0 aliphatic rings. The minimum absolute atomic E-state index is 0.300. The number of aromatic nitrogens is 2. The summed E-state index contributed by atoms with van der Waals surface area (Å²) >= 11 is 5.07. The number of thiophene rings is 1. The van der Waals surface area contributed by atoms with Crippen molar-refractivity contribution < 1.29 is 4.39 Å². The first-order chi connectivity index (χ1) is 8.63. The van der Waals surface area contributed by atoms with E-state index in [0.29, 0.717) is 18.0 Å². The summed E-state index contributed by atoms with van der Waals surface area (Å²) in [5, 5.41) is 0. The Morgan fingerprint density at radius 2 is 2.17 bits per heavy atom. The van der Waals surface area contributed by atoms with Gasteiger partial charge >= 0.3 is 0 Å². The van der Waals surface area contributed by atoms with Crippen LogP contribution in [0.4, 0.5) is 10.3 Å². The fraction of sp³-hybridized carbons (Fsp3) is 0.0833. The quantitative estimate of drug-likeness (QED) is 0.781. The smallest absolute Gasteiger partial charge is 0.201 e. The number of hydrogen-bond acceptors (Lipinski definition) is 3. The van der Waals surface area contributed by atoms with E-state index in [1.165, 1.54) is 12.1 Å². The van der Waals surface area contributed by atoms with Gasteiger partial charge < -0.3 is 10.3 Å². The second kappa shape index (κ2) is 4.37. The number of rotatable bonds is 2. The van der Waals surface area contributed by atoms with Gasteiger partial charge in [-0.05, 0) is 40.2 Å². The van der Waals surface area contributed by atoms with Gasteiger partial charge in [-0.15, -0.1) is 11.3 Å². The van der Waals surface area contributed by atoms with Crippen LogP contribution in [0.2, 0.25) is 0 Å². The molecule has 6 heteroatoms. The summed E-state index contributed by atoms with van der Waals surface area (Å²) in [6, 6.07) is 8.55. The zero-order valence-corrected chi connectivity index (χ0v) is 11.6. The minimum atomic E-state index is -0.300. The van der Waals surface area contributed by atoms with E-state index in [9.17, 15) is 4.39 Å². The third-order valence-corrected chi connectivity index (χ3v) is 4.29. The van der Waals surface area contributed by atoms with Crippen LogP contribution in [0.25, 0.3) is 11.0 Å². The number of halogens is 2. The minimum Gasteiger partial charge on any atom is -0.369 e. The Hall–Kier alpha value is -1.40. The normalized spacial score (nSPS) is 11.2. The van der Waals surface area contributed by atoms with Gasteiger partial charge in [-0.25, -0.2) is 9.37 Å². The highest BCUT2D eigenvalue weighted by Gasteiger charge is 2.10. The molecular formula is C12H9BrFN3S. The number of fused-ring (bicyclic) bond motifs is 1. The fourth-order valence-electron chi connectivity index (χ4n) is 1.88. The van der Waals surface area contributed by atoms with Crippen molar-refractivity contribution in [3.63, 3.8) is 0 Å². The standard InChI is InChI=1S/C12H9BrFN3S/c13-11-4-2-8(18-11)6-17-10-3-1-7(14)5-9(10)16-12(17)15/h1-5H,6H2,(H2,15,16). The molecule has 0 amide bonds. The molecule has 0 atom stereocenters. The van der Waals surface area contributed by atoms with E-state index >= 15 is 0 Å². The number of nitrogens with two attached hydrogens (primary N) is 1. The van der Waals surface area contributed by atoms with Crippen molar-refractivity contribution in [2.75, 3.05) is 5.73 Å². The lowest BCUT2D eigenvalue weighted by Crippen LogP contribution is -2.03.